The molecule has 0 bridgehead atoms. The SMILES string of the molecule is COc1nsnc1OCCCOCCCOCCCOc1nsnc1C1=CCCN(C)C1. The van der Waals surface area contributed by atoms with Gasteiger partial charge in [0.15, 0.2) is 0 Å². The standard InChI is InChI=1S/C20H31N5O5S2/c1-25-8-3-7-16(15-25)17-18(22-31-21-17)29-13-5-11-27-9-4-10-28-12-6-14-30-20-19(26-2)23-32-24-20/h7H,3-6,8-15H2,1-2H3. The Morgan fingerprint density at radius 2 is 1.41 bits per heavy atom. The van der Waals surface area contributed by atoms with Crippen molar-refractivity contribution in [3.63, 3.8) is 0 Å². The lowest BCUT2D eigenvalue weighted by Gasteiger charge is -2.22. The van der Waals surface area contributed by atoms with Crippen molar-refractivity contribution in [3.8, 4) is 17.6 Å². The molecule has 178 valence electrons. The van der Waals surface area contributed by atoms with Crippen molar-refractivity contribution in [2.45, 2.75) is 25.7 Å². The van der Waals surface area contributed by atoms with Crippen LogP contribution in [0.3, 0.4) is 0 Å². The third-order valence-corrected chi connectivity index (χ3v) is 5.66. The highest BCUT2D eigenvalue weighted by Gasteiger charge is 2.18. The molecule has 0 saturated carbocycles. The Balaban J connectivity index is 1.14. The molecular weight excluding hydrogens is 454 g/mol. The van der Waals surface area contributed by atoms with E-state index in [0.29, 0.717) is 57.3 Å². The van der Waals surface area contributed by atoms with E-state index in [0.717, 1.165) is 56.2 Å². The van der Waals surface area contributed by atoms with Gasteiger partial charge in [-0.1, -0.05) is 6.08 Å². The molecule has 0 saturated heterocycles. The van der Waals surface area contributed by atoms with E-state index in [-0.39, 0.29) is 0 Å². The summed E-state index contributed by atoms with van der Waals surface area (Å²) in [7, 11) is 3.66. The third kappa shape index (κ3) is 8.24. The van der Waals surface area contributed by atoms with E-state index in [9.17, 15) is 0 Å². The van der Waals surface area contributed by atoms with E-state index in [2.05, 4.69) is 35.5 Å². The van der Waals surface area contributed by atoms with E-state index in [1.165, 1.54) is 17.3 Å². The van der Waals surface area contributed by atoms with Crippen LogP contribution in [0.2, 0.25) is 0 Å². The van der Waals surface area contributed by atoms with Crippen molar-refractivity contribution >= 4 is 29.0 Å². The molecule has 0 radical (unpaired) electrons. The summed E-state index contributed by atoms with van der Waals surface area (Å²) in [5, 5.41) is 0. The molecular formula is C20H31N5O5S2. The Kier molecular flexibility index (Phi) is 11.1. The number of hydrogen-bond donors (Lipinski definition) is 0. The zero-order chi connectivity index (χ0) is 22.4. The average Bonchev–Trinajstić information content (AvgIpc) is 3.46. The second-order valence-electron chi connectivity index (χ2n) is 7.23. The minimum absolute atomic E-state index is 0.427. The van der Waals surface area contributed by atoms with Crippen LogP contribution in [0.15, 0.2) is 6.08 Å². The molecule has 3 rings (SSSR count). The van der Waals surface area contributed by atoms with Crippen molar-refractivity contribution in [3.05, 3.63) is 11.8 Å². The van der Waals surface area contributed by atoms with E-state index >= 15 is 0 Å². The predicted octanol–water partition coefficient (Wildman–Crippen LogP) is 2.78. The van der Waals surface area contributed by atoms with Crippen LogP contribution in [-0.4, -0.2) is 89.3 Å². The summed E-state index contributed by atoms with van der Waals surface area (Å²) >= 11 is 2.27. The summed E-state index contributed by atoms with van der Waals surface area (Å²) in [4.78, 5) is 2.28. The molecule has 0 amide bonds. The Morgan fingerprint density at radius 1 is 0.812 bits per heavy atom. The summed E-state index contributed by atoms with van der Waals surface area (Å²) in [6.45, 7) is 5.66. The van der Waals surface area contributed by atoms with Crippen LogP contribution in [0, 0.1) is 0 Å². The lowest BCUT2D eigenvalue weighted by Crippen LogP contribution is -2.25. The first-order valence-corrected chi connectivity index (χ1v) is 12.2. The summed E-state index contributed by atoms with van der Waals surface area (Å²) in [5.74, 6) is 1.51. The molecule has 12 heteroatoms. The Hall–Kier alpha value is -1.86. The molecule has 1 aliphatic rings. The molecule has 0 unspecified atom stereocenters. The van der Waals surface area contributed by atoms with Gasteiger partial charge < -0.3 is 28.6 Å². The zero-order valence-electron chi connectivity index (χ0n) is 18.7. The van der Waals surface area contributed by atoms with Gasteiger partial charge in [-0.2, -0.15) is 4.37 Å². The van der Waals surface area contributed by atoms with Crippen molar-refractivity contribution in [1.29, 1.82) is 0 Å². The Morgan fingerprint density at radius 3 is 2.09 bits per heavy atom. The first-order valence-electron chi connectivity index (χ1n) is 10.8. The van der Waals surface area contributed by atoms with Crippen LogP contribution in [0.1, 0.15) is 31.4 Å². The first kappa shape index (κ1) is 24.8. The smallest absolute Gasteiger partial charge is 0.291 e. The molecule has 2 aromatic heterocycles. The second-order valence-corrected chi connectivity index (χ2v) is 8.29. The third-order valence-electron chi connectivity index (χ3n) is 4.65. The number of aromatic nitrogens is 4. The molecule has 0 spiro atoms. The lowest BCUT2D eigenvalue weighted by molar-refractivity contribution is 0.0725. The number of methoxy groups -OCH3 is 1. The second kappa shape index (κ2) is 14.3. The van der Waals surface area contributed by atoms with Gasteiger partial charge in [-0.15, -0.1) is 13.1 Å². The highest BCUT2D eigenvalue weighted by Crippen LogP contribution is 2.27. The number of nitrogens with zero attached hydrogens (tertiary/aromatic N) is 5. The Labute approximate surface area is 197 Å². The maximum atomic E-state index is 5.83. The number of likely N-dealkylation sites (N-methyl/N-ethyl adjacent to an activating group) is 1. The fourth-order valence-electron chi connectivity index (χ4n) is 3.05. The van der Waals surface area contributed by atoms with Gasteiger partial charge in [0.25, 0.3) is 17.6 Å². The molecule has 0 N–H and O–H groups in total. The minimum Gasteiger partial charge on any atom is -0.477 e. The van der Waals surface area contributed by atoms with Crippen molar-refractivity contribution in [2.75, 3.05) is 66.9 Å². The molecule has 3 heterocycles. The summed E-state index contributed by atoms with van der Waals surface area (Å²) in [6, 6.07) is 0. The molecule has 0 atom stereocenters. The van der Waals surface area contributed by atoms with Crippen molar-refractivity contribution in [2.24, 2.45) is 0 Å². The first-order chi connectivity index (χ1) is 15.8. The summed E-state index contributed by atoms with van der Waals surface area (Å²) in [5.41, 5.74) is 2.08. The van der Waals surface area contributed by atoms with E-state index < -0.39 is 0 Å². The highest BCUT2D eigenvalue weighted by atomic mass is 32.1. The maximum Gasteiger partial charge on any atom is 0.291 e. The van der Waals surface area contributed by atoms with E-state index in [1.54, 1.807) is 7.11 Å². The van der Waals surface area contributed by atoms with Gasteiger partial charge in [-0.3, -0.25) is 0 Å². The summed E-state index contributed by atoms with van der Waals surface area (Å²) < 4.78 is 44.3. The van der Waals surface area contributed by atoms with Gasteiger partial charge in [-0.25, -0.2) is 0 Å². The maximum absolute atomic E-state index is 5.83. The van der Waals surface area contributed by atoms with Crippen molar-refractivity contribution in [1.82, 2.24) is 22.4 Å². The molecule has 0 fully saturated rings. The quantitative estimate of drug-likeness (QED) is 0.330. The molecule has 0 aromatic carbocycles. The number of rotatable bonds is 16. The minimum atomic E-state index is 0.427. The van der Waals surface area contributed by atoms with Crippen molar-refractivity contribution < 1.29 is 23.7 Å². The average molecular weight is 486 g/mol. The lowest BCUT2D eigenvalue weighted by atomic mass is 10.1. The zero-order valence-corrected chi connectivity index (χ0v) is 20.3. The van der Waals surface area contributed by atoms with Gasteiger partial charge >= 0.3 is 0 Å². The molecule has 1 aliphatic heterocycles. The van der Waals surface area contributed by atoms with Gasteiger partial charge in [0.1, 0.15) is 5.69 Å². The van der Waals surface area contributed by atoms with Gasteiger partial charge in [0, 0.05) is 52.4 Å². The largest absolute Gasteiger partial charge is 0.477 e. The van der Waals surface area contributed by atoms with Crippen LogP contribution in [0.5, 0.6) is 17.6 Å². The van der Waals surface area contributed by atoms with Gasteiger partial charge in [-0.05, 0) is 25.5 Å². The van der Waals surface area contributed by atoms with Gasteiger partial charge in [0.2, 0.25) is 0 Å². The molecule has 2 aromatic rings. The number of ether oxygens (including phenoxy) is 5. The predicted molar refractivity (Wildman–Crippen MR) is 123 cm³/mol. The number of hydrogen-bond acceptors (Lipinski definition) is 12. The topological polar surface area (TPSA) is 101 Å². The van der Waals surface area contributed by atoms with Gasteiger partial charge in [0.05, 0.1) is 43.8 Å². The molecule has 32 heavy (non-hydrogen) atoms. The highest BCUT2D eigenvalue weighted by molar-refractivity contribution is 6.99. The Bertz CT molecular complexity index is 816. The monoisotopic (exact) mass is 485 g/mol. The van der Waals surface area contributed by atoms with E-state index in [4.69, 9.17) is 23.7 Å². The van der Waals surface area contributed by atoms with Crippen LogP contribution in [-0.2, 0) is 9.47 Å². The van der Waals surface area contributed by atoms with Crippen LogP contribution in [0.25, 0.3) is 5.57 Å². The van der Waals surface area contributed by atoms with Crippen LogP contribution < -0.4 is 14.2 Å². The van der Waals surface area contributed by atoms with Crippen LogP contribution >= 0.6 is 23.5 Å². The van der Waals surface area contributed by atoms with Crippen LogP contribution in [0.4, 0.5) is 0 Å². The molecule has 10 nitrogen and oxygen atoms in total. The fourth-order valence-corrected chi connectivity index (χ4v) is 4.05. The summed E-state index contributed by atoms with van der Waals surface area (Å²) in [6.07, 6.45) is 5.71. The molecule has 0 aliphatic carbocycles. The normalized spacial score (nSPS) is 14.4. The fraction of sp³-hybridized carbons (Fsp3) is 0.700. The van der Waals surface area contributed by atoms with E-state index in [1.807, 2.05) is 0 Å².